The first kappa shape index (κ1) is 45.5. The van der Waals surface area contributed by atoms with Crippen molar-refractivity contribution < 1.29 is 42.8 Å². The van der Waals surface area contributed by atoms with Gasteiger partial charge in [0.2, 0.25) is 11.0 Å². The second kappa shape index (κ2) is 23.9. The van der Waals surface area contributed by atoms with Gasteiger partial charge in [0.25, 0.3) is 0 Å². The van der Waals surface area contributed by atoms with E-state index >= 15 is 0 Å². The van der Waals surface area contributed by atoms with Gasteiger partial charge < -0.3 is 28.4 Å². The number of carbonyl (C=O) groups excluding carboxylic acids is 3. The van der Waals surface area contributed by atoms with Crippen LogP contribution in [-0.2, 0) is 30.5 Å². The Morgan fingerprint density at radius 1 is 0.820 bits per heavy atom. The lowest BCUT2D eigenvalue weighted by Gasteiger charge is -2.22. The maximum absolute atomic E-state index is 13.5. The van der Waals surface area contributed by atoms with E-state index < -0.39 is 11.9 Å². The Morgan fingerprint density at radius 3 is 2.07 bits per heavy atom. The smallest absolute Gasteiger partial charge is 0.330 e. The number of hydrogen-bond acceptors (Lipinski definition) is 13. The number of esters is 2. The van der Waals surface area contributed by atoms with Gasteiger partial charge in [0, 0.05) is 43.2 Å². The standard InChI is InChI=1S/C47H52N4O9S/c1-6-11-44(52)51(47-50-40-31-48-23-22-43(40)61-47)49-30-36-29-39(20-21-41(36)59-32-34-12-16-37(17-13-34)55-24-9-26-57-45(53)7-2)60-42(28-33(4)5)35-14-18-38(19-15-35)56-25-10-27-58-46(54)8-3/h7-8,12-23,29-31,33,42H,2-3,6,9-11,24-28,32H2,1,4-5H3/b49-30+. The largest absolute Gasteiger partial charge is 0.493 e. The minimum absolute atomic E-state index is 0.193. The molecule has 14 heteroatoms. The quantitative estimate of drug-likeness (QED) is 0.0182. The van der Waals surface area contributed by atoms with Crippen LogP contribution in [0.15, 0.2) is 116 Å². The summed E-state index contributed by atoms with van der Waals surface area (Å²) < 4.78 is 35.6. The number of ether oxygens (including phenoxy) is 6. The molecule has 2 aromatic heterocycles. The molecule has 0 aliphatic rings. The predicted molar refractivity (Wildman–Crippen MR) is 236 cm³/mol. The molecule has 1 atom stereocenters. The van der Waals surface area contributed by atoms with Crippen LogP contribution in [0.2, 0.25) is 0 Å². The number of anilines is 1. The van der Waals surface area contributed by atoms with Crippen molar-refractivity contribution >= 4 is 50.7 Å². The third-order valence-electron chi connectivity index (χ3n) is 8.82. The summed E-state index contributed by atoms with van der Waals surface area (Å²) in [4.78, 5) is 44.8. The predicted octanol–water partition coefficient (Wildman–Crippen LogP) is 9.60. The molecule has 0 fully saturated rings. The van der Waals surface area contributed by atoms with Gasteiger partial charge in [0.05, 0.1) is 43.5 Å². The zero-order chi connectivity index (χ0) is 43.4. The van der Waals surface area contributed by atoms with E-state index in [1.54, 1.807) is 18.6 Å². The lowest BCUT2D eigenvalue weighted by Crippen LogP contribution is -2.25. The van der Waals surface area contributed by atoms with Gasteiger partial charge in [-0.1, -0.05) is 69.5 Å². The molecule has 3 aromatic carbocycles. The Kier molecular flexibility index (Phi) is 17.8. The van der Waals surface area contributed by atoms with Gasteiger partial charge in [-0.3, -0.25) is 9.78 Å². The summed E-state index contributed by atoms with van der Waals surface area (Å²) in [6.45, 7) is 14.5. The van der Waals surface area contributed by atoms with Crippen LogP contribution in [0.1, 0.15) is 75.7 Å². The maximum atomic E-state index is 13.5. The lowest BCUT2D eigenvalue weighted by atomic mass is 9.99. The van der Waals surface area contributed by atoms with Crippen molar-refractivity contribution in [2.75, 3.05) is 31.4 Å². The SMILES string of the molecule is C=CC(=O)OCCCOc1ccc(COc2ccc(OC(CC(C)C)c3ccc(OCCCOC(=O)C=C)cc3)cc2/C=N/N(C(=O)CCC)c2nc3cnccc3s2)cc1. The van der Waals surface area contributed by atoms with E-state index in [4.69, 9.17) is 33.5 Å². The minimum atomic E-state index is -0.460. The molecule has 13 nitrogen and oxygen atoms in total. The van der Waals surface area contributed by atoms with Crippen molar-refractivity contribution in [2.45, 2.75) is 65.6 Å². The number of hydrogen-bond donors (Lipinski definition) is 0. The third kappa shape index (κ3) is 14.6. The summed E-state index contributed by atoms with van der Waals surface area (Å²) in [5, 5.41) is 6.48. The monoisotopic (exact) mass is 848 g/mol. The molecule has 0 radical (unpaired) electrons. The molecule has 0 N–H and O–H groups in total. The molecular weight excluding hydrogens is 797 g/mol. The Morgan fingerprint density at radius 2 is 1.46 bits per heavy atom. The number of aromatic nitrogens is 2. The minimum Gasteiger partial charge on any atom is -0.493 e. The van der Waals surface area contributed by atoms with E-state index in [-0.39, 0.29) is 38.3 Å². The first-order valence-corrected chi connectivity index (χ1v) is 21.0. The van der Waals surface area contributed by atoms with Crippen molar-refractivity contribution in [3.05, 3.63) is 127 Å². The van der Waals surface area contributed by atoms with Crippen molar-refractivity contribution in [1.29, 1.82) is 0 Å². The van der Waals surface area contributed by atoms with Gasteiger partial charge in [0.1, 0.15) is 41.2 Å². The van der Waals surface area contributed by atoms with Crippen LogP contribution in [0.3, 0.4) is 0 Å². The van der Waals surface area contributed by atoms with E-state index in [0.717, 1.165) is 34.4 Å². The number of rotatable bonds is 25. The normalized spacial score (nSPS) is 11.5. The highest BCUT2D eigenvalue weighted by Gasteiger charge is 2.20. The van der Waals surface area contributed by atoms with Crippen molar-refractivity contribution in [1.82, 2.24) is 9.97 Å². The van der Waals surface area contributed by atoms with Gasteiger partial charge in [0.15, 0.2) is 0 Å². The highest BCUT2D eigenvalue weighted by molar-refractivity contribution is 7.22. The maximum Gasteiger partial charge on any atom is 0.330 e. The van der Waals surface area contributed by atoms with E-state index in [1.165, 1.54) is 16.3 Å². The Bertz CT molecular complexity index is 2210. The van der Waals surface area contributed by atoms with Crippen molar-refractivity contribution in [3.63, 3.8) is 0 Å². The van der Waals surface area contributed by atoms with E-state index in [2.05, 4.69) is 37.0 Å². The number of amides is 1. The first-order valence-electron chi connectivity index (χ1n) is 20.2. The van der Waals surface area contributed by atoms with Crippen LogP contribution in [0.25, 0.3) is 10.2 Å². The summed E-state index contributed by atoms with van der Waals surface area (Å²) in [6.07, 6.45) is 9.70. The molecule has 1 unspecified atom stereocenters. The summed E-state index contributed by atoms with van der Waals surface area (Å²) in [6, 6.07) is 22.7. The van der Waals surface area contributed by atoms with E-state index in [9.17, 15) is 14.4 Å². The van der Waals surface area contributed by atoms with Gasteiger partial charge >= 0.3 is 11.9 Å². The number of nitrogens with zero attached hydrogens (tertiary/aromatic N) is 4. The molecule has 0 spiro atoms. The van der Waals surface area contributed by atoms with Gasteiger partial charge in [-0.05, 0) is 78.4 Å². The first-order chi connectivity index (χ1) is 29.6. The average Bonchev–Trinajstić information content (AvgIpc) is 3.70. The van der Waals surface area contributed by atoms with Gasteiger partial charge in [-0.2, -0.15) is 10.1 Å². The molecule has 0 aliphatic carbocycles. The topological polar surface area (TPSA) is 148 Å². The Balaban J connectivity index is 1.35. The molecule has 1 amide bonds. The average molecular weight is 849 g/mol. The highest BCUT2D eigenvalue weighted by Crippen LogP contribution is 2.33. The van der Waals surface area contributed by atoms with E-state index in [1.807, 2.05) is 79.7 Å². The lowest BCUT2D eigenvalue weighted by molar-refractivity contribution is -0.138. The molecule has 0 bridgehead atoms. The van der Waals surface area contributed by atoms with Crippen LogP contribution in [0.5, 0.6) is 23.0 Å². The Hall–Kier alpha value is -6.54. The molecule has 0 aliphatic heterocycles. The van der Waals surface area contributed by atoms with Crippen LogP contribution in [0, 0.1) is 5.92 Å². The molecule has 61 heavy (non-hydrogen) atoms. The van der Waals surface area contributed by atoms with Gasteiger partial charge in [-0.15, -0.1) is 0 Å². The van der Waals surface area contributed by atoms with E-state index in [0.29, 0.717) is 77.6 Å². The number of pyridine rings is 1. The molecule has 0 saturated heterocycles. The fraction of sp³-hybridized carbons (Fsp3) is 0.319. The molecule has 5 rings (SSSR count). The molecule has 5 aromatic rings. The zero-order valence-corrected chi connectivity index (χ0v) is 35.6. The number of thiazole rings is 1. The number of benzene rings is 3. The summed E-state index contributed by atoms with van der Waals surface area (Å²) >= 11 is 1.36. The third-order valence-corrected chi connectivity index (χ3v) is 9.84. The molecule has 2 heterocycles. The summed E-state index contributed by atoms with van der Waals surface area (Å²) in [5.41, 5.74) is 3.15. The highest BCUT2D eigenvalue weighted by atomic mass is 32.1. The van der Waals surface area contributed by atoms with Crippen LogP contribution in [-0.4, -0.2) is 60.5 Å². The van der Waals surface area contributed by atoms with Crippen molar-refractivity contribution in [3.8, 4) is 23.0 Å². The van der Waals surface area contributed by atoms with Crippen LogP contribution >= 0.6 is 11.3 Å². The number of hydrazone groups is 1. The Labute approximate surface area is 360 Å². The molecular formula is C47H52N4O9S. The van der Waals surface area contributed by atoms with Gasteiger partial charge in [-0.25, -0.2) is 14.6 Å². The van der Waals surface area contributed by atoms with Crippen molar-refractivity contribution in [2.24, 2.45) is 11.0 Å². The summed E-state index contributed by atoms with van der Waals surface area (Å²) in [7, 11) is 0. The molecule has 320 valence electrons. The fourth-order valence-electron chi connectivity index (χ4n) is 5.78. The van der Waals surface area contributed by atoms with Crippen LogP contribution < -0.4 is 24.0 Å². The van der Waals surface area contributed by atoms with Crippen LogP contribution in [0.4, 0.5) is 5.13 Å². The number of fused-ring (bicyclic) bond motifs is 1. The zero-order valence-electron chi connectivity index (χ0n) is 34.8. The summed E-state index contributed by atoms with van der Waals surface area (Å²) in [5.74, 6) is 1.71. The second-order valence-corrected chi connectivity index (χ2v) is 15.1. The molecule has 0 saturated carbocycles. The number of carbonyl (C=O) groups is 3. The fourth-order valence-corrected chi connectivity index (χ4v) is 6.69. The second-order valence-electron chi connectivity index (χ2n) is 14.1.